The summed E-state index contributed by atoms with van der Waals surface area (Å²) in [5.41, 5.74) is 0.327. The second kappa shape index (κ2) is 7.44. The molecule has 2 aliphatic heterocycles. The lowest BCUT2D eigenvalue weighted by Crippen LogP contribution is -2.52. The van der Waals surface area contributed by atoms with E-state index in [1.54, 1.807) is 6.92 Å². The molecule has 0 bridgehead atoms. The van der Waals surface area contributed by atoms with Gasteiger partial charge in [-0.05, 0) is 18.3 Å². The third-order valence-electron chi connectivity index (χ3n) is 5.05. The predicted octanol–water partition coefficient (Wildman–Crippen LogP) is 1.48. The number of carbonyl (C=O) groups is 1. The summed E-state index contributed by atoms with van der Waals surface area (Å²) in [4.78, 5) is 22.9. The predicted molar refractivity (Wildman–Crippen MR) is 94.1 cm³/mol. The lowest BCUT2D eigenvalue weighted by atomic mass is 9.92. The highest BCUT2D eigenvalue weighted by Crippen LogP contribution is 2.23. The zero-order chi connectivity index (χ0) is 18.0. The number of carbonyl (C=O) groups excluding carboxylic acids is 1. The van der Waals surface area contributed by atoms with Gasteiger partial charge in [-0.1, -0.05) is 13.8 Å². The van der Waals surface area contributed by atoms with Gasteiger partial charge in [0, 0.05) is 46.2 Å². The normalized spacial score (nSPS) is 25.0. The number of oxazole rings is 1. The third-order valence-corrected chi connectivity index (χ3v) is 5.05. The molecule has 2 fully saturated rings. The molecule has 2 atom stereocenters. The number of nitrogens with zero attached hydrogens (tertiary/aromatic N) is 5. The Bertz CT molecular complexity index is 647. The van der Waals surface area contributed by atoms with E-state index in [0.29, 0.717) is 62.0 Å². The van der Waals surface area contributed by atoms with Crippen molar-refractivity contribution in [3.63, 3.8) is 0 Å². The fraction of sp³-hybridized carbons (Fsp3) is 0.722. The van der Waals surface area contributed by atoms with Crippen molar-refractivity contribution < 1.29 is 9.21 Å². The maximum Gasteiger partial charge on any atom is 0.236 e. The summed E-state index contributed by atoms with van der Waals surface area (Å²) in [7, 11) is 0. The highest BCUT2D eigenvalue weighted by Gasteiger charge is 2.28. The van der Waals surface area contributed by atoms with Crippen LogP contribution in [0.3, 0.4) is 0 Å². The van der Waals surface area contributed by atoms with Crippen molar-refractivity contribution in [3.05, 3.63) is 11.6 Å². The van der Waals surface area contributed by atoms with E-state index in [9.17, 15) is 4.79 Å². The monoisotopic (exact) mass is 345 g/mol. The Labute approximate surface area is 149 Å². The minimum Gasteiger partial charge on any atom is -0.424 e. The van der Waals surface area contributed by atoms with Crippen LogP contribution >= 0.6 is 0 Å². The lowest BCUT2D eigenvalue weighted by Gasteiger charge is -2.38. The van der Waals surface area contributed by atoms with Gasteiger partial charge in [0.25, 0.3) is 0 Å². The second-order valence-corrected chi connectivity index (χ2v) is 7.51. The molecular weight excluding hydrogens is 318 g/mol. The molecule has 136 valence electrons. The maximum absolute atomic E-state index is 12.6. The van der Waals surface area contributed by atoms with Gasteiger partial charge in [0.2, 0.25) is 17.5 Å². The molecule has 2 saturated heterocycles. The van der Waals surface area contributed by atoms with E-state index in [1.807, 2.05) is 9.80 Å². The summed E-state index contributed by atoms with van der Waals surface area (Å²) in [5.74, 6) is 2.55. The maximum atomic E-state index is 12.6. The Kier molecular flexibility index (Phi) is 5.28. The van der Waals surface area contributed by atoms with E-state index in [-0.39, 0.29) is 5.91 Å². The lowest BCUT2D eigenvalue weighted by molar-refractivity contribution is -0.133. The molecule has 3 heterocycles. The number of likely N-dealkylation sites (tertiary alicyclic amines) is 1. The molecule has 0 N–H and O–H groups in total. The number of aryl methyl sites for hydroxylation is 1. The molecule has 3 rings (SSSR count). The van der Waals surface area contributed by atoms with E-state index >= 15 is 0 Å². The van der Waals surface area contributed by atoms with Crippen LogP contribution in [0.2, 0.25) is 0 Å². The molecule has 7 nitrogen and oxygen atoms in total. The number of nitriles is 1. The number of piperazine rings is 1. The van der Waals surface area contributed by atoms with E-state index in [0.717, 1.165) is 13.1 Å². The molecule has 0 radical (unpaired) electrons. The number of anilines is 1. The number of hydrogen-bond acceptors (Lipinski definition) is 6. The van der Waals surface area contributed by atoms with Gasteiger partial charge >= 0.3 is 0 Å². The fourth-order valence-electron chi connectivity index (χ4n) is 4.07. The van der Waals surface area contributed by atoms with Crippen molar-refractivity contribution in [1.82, 2.24) is 14.8 Å². The van der Waals surface area contributed by atoms with Crippen LogP contribution in [0.4, 0.5) is 5.88 Å². The van der Waals surface area contributed by atoms with E-state index < -0.39 is 0 Å². The summed E-state index contributed by atoms with van der Waals surface area (Å²) in [6.07, 6.45) is 1.25. The molecule has 2 aliphatic rings. The Hall–Kier alpha value is -2.07. The Morgan fingerprint density at radius 1 is 1.24 bits per heavy atom. The first-order chi connectivity index (χ1) is 12.0. The first-order valence-electron chi connectivity index (χ1n) is 9.09. The van der Waals surface area contributed by atoms with Crippen LogP contribution in [0.15, 0.2) is 4.42 Å². The fourth-order valence-corrected chi connectivity index (χ4v) is 4.07. The minimum absolute atomic E-state index is 0.204. The Morgan fingerprint density at radius 2 is 1.88 bits per heavy atom. The van der Waals surface area contributed by atoms with Gasteiger partial charge in [-0.2, -0.15) is 5.26 Å². The number of aromatic nitrogens is 1. The molecule has 1 aromatic rings. The van der Waals surface area contributed by atoms with Gasteiger partial charge in [0.1, 0.15) is 6.07 Å². The van der Waals surface area contributed by atoms with Crippen molar-refractivity contribution in [1.29, 1.82) is 5.26 Å². The SMILES string of the molecule is Cc1nc(C#N)c(N2CCN(C(=O)CN3C[C@H](C)C[C@@H](C)C3)CC2)o1. The first-order valence-corrected chi connectivity index (χ1v) is 9.09. The molecular formula is C18H27N5O2. The van der Waals surface area contributed by atoms with Crippen molar-refractivity contribution in [3.8, 4) is 6.07 Å². The van der Waals surface area contributed by atoms with Crippen molar-refractivity contribution in [2.24, 2.45) is 11.8 Å². The number of amides is 1. The summed E-state index contributed by atoms with van der Waals surface area (Å²) in [5, 5.41) is 9.16. The van der Waals surface area contributed by atoms with Crippen molar-refractivity contribution >= 4 is 11.8 Å². The van der Waals surface area contributed by atoms with Gasteiger partial charge in [-0.15, -0.1) is 0 Å². The molecule has 0 spiro atoms. The third kappa shape index (κ3) is 4.13. The van der Waals surface area contributed by atoms with Gasteiger partial charge in [-0.25, -0.2) is 4.98 Å². The van der Waals surface area contributed by atoms with Crippen LogP contribution in [-0.4, -0.2) is 66.5 Å². The quantitative estimate of drug-likeness (QED) is 0.826. The number of rotatable bonds is 3. The average Bonchev–Trinajstić information content (AvgIpc) is 2.95. The summed E-state index contributed by atoms with van der Waals surface area (Å²) < 4.78 is 5.57. The summed E-state index contributed by atoms with van der Waals surface area (Å²) in [6.45, 7) is 11.5. The minimum atomic E-state index is 0.204. The Balaban J connectivity index is 1.53. The molecule has 0 aromatic carbocycles. The molecule has 0 aliphatic carbocycles. The summed E-state index contributed by atoms with van der Waals surface area (Å²) in [6, 6.07) is 2.08. The second-order valence-electron chi connectivity index (χ2n) is 7.51. The topological polar surface area (TPSA) is 76.6 Å². The van der Waals surface area contributed by atoms with Crippen molar-refractivity contribution in [2.75, 3.05) is 50.7 Å². The molecule has 25 heavy (non-hydrogen) atoms. The van der Waals surface area contributed by atoms with Gasteiger partial charge < -0.3 is 14.2 Å². The molecule has 7 heteroatoms. The highest BCUT2D eigenvalue weighted by atomic mass is 16.4. The Morgan fingerprint density at radius 3 is 2.48 bits per heavy atom. The van der Waals surface area contributed by atoms with Gasteiger partial charge in [-0.3, -0.25) is 9.69 Å². The van der Waals surface area contributed by atoms with Gasteiger partial charge in [0.05, 0.1) is 6.54 Å². The smallest absolute Gasteiger partial charge is 0.236 e. The summed E-state index contributed by atoms with van der Waals surface area (Å²) >= 11 is 0. The van der Waals surface area contributed by atoms with Gasteiger partial charge in [0.15, 0.2) is 5.89 Å². The molecule has 1 aromatic heterocycles. The van der Waals surface area contributed by atoms with E-state index in [1.165, 1.54) is 6.42 Å². The zero-order valence-electron chi connectivity index (χ0n) is 15.4. The molecule has 1 amide bonds. The van der Waals surface area contributed by atoms with Crippen LogP contribution in [-0.2, 0) is 4.79 Å². The highest BCUT2D eigenvalue weighted by molar-refractivity contribution is 5.78. The molecule has 0 saturated carbocycles. The van der Waals surface area contributed by atoms with Crippen LogP contribution in [0.1, 0.15) is 31.9 Å². The number of hydrogen-bond donors (Lipinski definition) is 0. The van der Waals surface area contributed by atoms with Crippen LogP contribution in [0.5, 0.6) is 0 Å². The van der Waals surface area contributed by atoms with Crippen LogP contribution < -0.4 is 4.90 Å². The van der Waals surface area contributed by atoms with Crippen molar-refractivity contribution in [2.45, 2.75) is 27.2 Å². The largest absolute Gasteiger partial charge is 0.424 e. The standard InChI is InChI=1S/C18H27N5O2/c1-13-8-14(2)11-21(10-13)12-17(24)22-4-6-23(7-5-22)18-16(9-19)20-15(3)25-18/h13-14H,4-8,10-12H2,1-3H3/t13-,14-/m1/s1. The van der Waals surface area contributed by atoms with Crippen LogP contribution in [0.25, 0.3) is 0 Å². The van der Waals surface area contributed by atoms with E-state index in [4.69, 9.17) is 9.68 Å². The average molecular weight is 345 g/mol. The molecule has 0 unspecified atom stereocenters. The van der Waals surface area contributed by atoms with Crippen LogP contribution in [0, 0.1) is 30.1 Å². The number of piperidine rings is 1. The zero-order valence-corrected chi connectivity index (χ0v) is 15.4. The first kappa shape index (κ1) is 17.7. The van der Waals surface area contributed by atoms with E-state index in [2.05, 4.69) is 29.8 Å².